The zero-order chi connectivity index (χ0) is 16.4. The van der Waals surface area contributed by atoms with Gasteiger partial charge in [0.05, 0.1) is 0 Å². The van der Waals surface area contributed by atoms with E-state index < -0.39 is 40.5 Å². The van der Waals surface area contributed by atoms with E-state index in [0.717, 1.165) is 12.5 Å². The van der Waals surface area contributed by atoms with Crippen molar-refractivity contribution in [2.75, 3.05) is 0 Å². The lowest BCUT2D eigenvalue weighted by molar-refractivity contribution is -0.117. The molecule has 114 valence electrons. The first kappa shape index (κ1) is 15.9. The van der Waals surface area contributed by atoms with Crippen molar-refractivity contribution in [3.05, 3.63) is 70.5 Å². The van der Waals surface area contributed by atoms with E-state index in [-0.39, 0.29) is 5.56 Å². The molecule has 0 bridgehead atoms. The minimum Gasteiger partial charge on any atom is -0.299 e. The van der Waals surface area contributed by atoms with Crippen LogP contribution in [0.4, 0.5) is 13.2 Å². The Balaban J connectivity index is 2.54. The highest BCUT2D eigenvalue weighted by Gasteiger charge is 2.32. The molecule has 0 aliphatic rings. The monoisotopic (exact) mass is 306 g/mol. The molecule has 2 rings (SSSR count). The molecule has 0 saturated heterocycles. The molecule has 0 fully saturated rings. The molecule has 0 aliphatic heterocycles. The van der Waals surface area contributed by atoms with Gasteiger partial charge in [0.1, 0.15) is 29.2 Å². The molecular weight excluding hydrogens is 293 g/mol. The summed E-state index contributed by atoms with van der Waals surface area (Å²) in [6.45, 7) is 2.88. The Morgan fingerprint density at radius 1 is 0.955 bits per heavy atom. The molecule has 0 amide bonds. The van der Waals surface area contributed by atoms with Crippen LogP contribution in [0.3, 0.4) is 0 Å². The van der Waals surface area contributed by atoms with E-state index in [4.69, 9.17) is 0 Å². The second-order valence-electron chi connectivity index (χ2n) is 5.06. The number of hydrogen-bond acceptors (Lipinski definition) is 2. The van der Waals surface area contributed by atoms with E-state index in [0.29, 0.717) is 12.1 Å². The smallest absolute Gasteiger partial charge is 0.177 e. The topological polar surface area (TPSA) is 34.1 Å². The van der Waals surface area contributed by atoms with Crippen LogP contribution < -0.4 is 0 Å². The third-order valence-electron chi connectivity index (χ3n) is 3.34. The fraction of sp³-hybridized carbons (Fsp3) is 0.176. The van der Waals surface area contributed by atoms with Crippen LogP contribution in [0.5, 0.6) is 0 Å². The lowest BCUT2D eigenvalue weighted by Gasteiger charge is -2.15. The van der Waals surface area contributed by atoms with Crippen molar-refractivity contribution in [2.24, 2.45) is 0 Å². The third kappa shape index (κ3) is 3.08. The first-order valence-corrected chi connectivity index (χ1v) is 6.57. The molecule has 0 aromatic heterocycles. The van der Waals surface area contributed by atoms with E-state index in [1.54, 1.807) is 12.1 Å². The second-order valence-corrected chi connectivity index (χ2v) is 5.06. The van der Waals surface area contributed by atoms with Gasteiger partial charge in [-0.2, -0.15) is 0 Å². The molecule has 0 radical (unpaired) electrons. The Morgan fingerprint density at radius 3 is 1.91 bits per heavy atom. The van der Waals surface area contributed by atoms with Gasteiger partial charge in [-0.1, -0.05) is 29.8 Å². The fourth-order valence-corrected chi connectivity index (χ4v) is 2.23. The van der Waals surface area contributed by atoms with Crippen molar-refractivity contribution < 1.29 is 22.8 Å². The zero-order valence-electron chi connectivity index (χ0n) is 12.0. The summed E-state index contributed by atoms with van der Waals surface area (Å²) < 4.78 is 40.7. The van der Waals surface area contributed by atoms with Crippen molar-refractivity contribution in [2.45, 2.75) is 19.8 Å². The molecule has 0 saturated carbocycles. The summed E-state index contributed by atoms with van der Waals surface area (Å²) >= 11 is 0. The highest BCUT2D eigenvalue weighted by atomic mass is 19.1. The van der Waals surface area contributed by atoms with Crippen LogP contribution in [0.25, 0.3) is 0 Å². The molecule has 0 heterocycles. The van der Waals surface area contributed by atoms with Crippen LogP contribution in [0.2, 0.25) is 0 Å². The Hall–Kier alpha value is -2.43. The summed E-state index contributed by atoms with van der Waals surface area (Å²) in [4.78, 5) is 24.2. The molecule has 0 spiro atoms. The largest absolute Gasteiger partial charge is 0.299 e. The highest BCUT2D eigenvalue weighted by Crippen LogP contribution is 2.28. The van der Waals surface area contributed by atoms with Crippen molar-refractivity contribution in [1.82, 2.24) is 0 Å². The maximum atomic E-state index is 13.9. The molecule has 2 nitrogen and oxygen atoms in total. The van der Waals surface area contributed by atoms with Crippen LogP contribution >= 0.6 is 0 Å². The van der Waals surface area contributed by atoms with Crippen LogP contribution in [-0.2, 0) is 4.79 Å². The van der Waals surface area contributed by atoms with Crippen molar-refractivity contribution in [3.63, 3.8) is 0 Å². The van der Waals surface area contributed by atoms with Gasteiger partial charge in [-0.15, -0.1) is 0 Å². The SMILES string of the molecule is CC(=O)C(C(=O)c1ccc(C)cc1)c1c(F)cc(F)cc1F. The van der Waals surface area contributed by atoms with Crippen molar-refractivity contribution in [3.8, 4) is 0 Å². The van der Waals surface area contributed by atoms with Gasteiger partial charge in [-0.25, -0.2) is 13.2 Å². The van der Waals surface area contributed by atoms with Crippen LogP contribution in [0.15, 0.2) is 36.4 Å². The summed E-state index contributed by atoms with van der Waals surface area (Å²) in [5, 5.41) is 0. The Kier molecular flexibility index (Phi) is 4.45. The number of aryl methyl sites for hydroxylation is 1. The fourth-order valence-electron chi connectivity index (χ4n) is 2.23. The summed E-state index contributed by atoms with van der Waals surface area (Å²) in [6, 6.07) is 7.18. The molecule has 2 aromatic carbocycles. The predicted molar refractivity (Wildman–Crippen MR) is 75.2 cm³/mol. The predicted octanol–water partition coefficient (Wildman–Crippen LogP) is 3.97. The Labute approximate surface area is 125 Å². The lowest BCUT2D eigenvalue weighted by atomic mass is 9.87. The molecule has 5 heteroatoms. The summed E-state index contributed by atoms with van der Waals surface area (Å²) in [7, 11) is 0. The van der Waals surface area contributed by atoms with Crippen molar-refractivity contribution in [1.29, 1.82) is 0 Å². The van der Waals surface area contributed by atoms with Crippen LogP contribution in [0, 0.1) is 24.4 Å². The normalized spacial score (nSPS) is 12.0. The molecule has 22 heavy (non-hydrogen) atoms. The average Bonchev–Trinajstić information content (AvgIpc) is 2.42. The third-order valence-corrected chi connectivity index (χ3v) is 3.34. The van der Waals surface area contributed by atoms with Gasteiger partial charge >= 0.3 is 0 Å². The number of benzene rings is 2. The second kappa shape index (κ2) is 6.13. The number of Topliss-reactive ketones (excluding diaryl/α,β-unsaturated/α-hetero) is 2. The minimum atomic E-state index is -1.64. The van der Waals surface area contributed by atoms with Gasteiger partial charge in [0.25, 0.3) is 0 Å². The molecule has 1 atom stereocenters. The minimum absolute atomic E-state index is 0.161. The molecular formula is C17H13F3O2. The van der Waals surface area contributed by atoms with Gasteiger partial charge in [-0.3, -0.25) is 9.59 Å². The van der Waals surface area contributed by atoms with Gasteiger partial charge in [-0.05, 0) is 13.8 Å². The molecule has 0 N–H and O–H groups in total. The van der Waals surface area contributed by atoms with E-state index in [1.807, 2.05) is 6.92 Å². The Morgan fingerprint density at radius 2 is 1.45 bits per heavy atom. The number of carbonyl (C=O) groups excluding carboxylic acids is 2. The number of rotatable bonds is 4. The first-order chi connectivity index (χ1) is 10.3. The highest BCUT2D eigenvalue weighted by molar-refractivity contribution is 6.14. The number of ketones is 2. The van der Waals surface area contributed by atoms with Crippen molar-refractivity contribution >= 4 is 11.6 Å². The summed E-state index contributed by atoms with van der Waals surface area (Å²) in [5.74, 6) is -6.68. The molecule has 2 aromatic rings. The number of carbonyl (C=O) groups is 2. The van der Waals surface area contributed by atoms with Gasteiger partial charge < -0.3 is 0 Å². The Bertz CT molecular complexity index is 713. The number of hydrogen-bond donors (Lipinski definition) is 0. The van der Waals surface area contributed by atoms with Crippen LogP contribution in [0.1, 0.15) is 34.3 Å². The number of halogens is 3. The summed E-state index contributed by atoms with van der Waals surface area (Å²) in [6.07, 6.45) is 0. The van der Waals surface area contributed by atoms with Gasteiger partial charge in [0, 0.05) is 23.3 Å². The quantitative estimate of drug-likeness (QED) is 0.633. The van der Waals surface area contributed by atoms with Gasteiger partial charge in [0.15, 0.2) is 5.78 Å². The van der Waals surface area contributed by atoms with E-state index in [9.17, 15) is 22.8 Å². The summed E-state index contributed by atoms with van der Waals surface area (Å²) in [5.41, 5.74) is 0.337. The maximum absolute atomic E-state index is 13.9. The molecule has 1 unspecified atom stereocenters. The molecule has 0 aliphatic carbocycles. The van der Waals surface area contributed by atoms with E-state index in [1.165, 1.54) is 12.1 Å². The standard InChI is InChI=1S/C17H13F3O2/c1-9-3-5-11(6-4-9)17(22)15(10(2)21)16-13(19)7-12(18)8-14(16)20/h3-8,15H,1-2H3. The average molecular weight is 306 g/mol. The maximum Gasteiger partial charge on any atom is 0.177 e. The van der Waals surface area contributed by atoms with E-state index >= 15 is 0 Å². The zero-order valence-corrected chi connectivity index (χ0v) is 12.0. The first-order valence-electron chi connectivity index (χ1n) is 6.57. The van der Waals surface area contributed by atoms with Gasteiger partial charge in [0.2, 0.25) is 0 Å². The lowest BCUT2D eigenvalue weighted by Crippen LogP contribution is -2.23. The van der Waals surface area contributed by atoms with Crippen LogP contribution in [-0.4, -0.2) is 11.6 Å². The van der Waals surface area contributed by atoms with E-state index in [2.05, 4.69) is 0 Å².